The molecule has 1 fully saturated rings. The molecular formula is C26H31N9O. The SMILES string of the molecule is CC#CCN1C2=C(C=NN(Cc3nc4ccccc4c4ccnn34)C2O)N(C)C1N1CCCC(N)C1. The molecule has 0 bridgehead atoms. The summed E-state index contributed by atoms with van der Waals surface area (Å²) in [6.45, 7) is 4.41. The van der Waals surface area contributed by atoms with Crippen LogP contribution in [0.3, 0.4) is 0 Å². The van der Waals surface area contributed by atoms with E-state index in [0.29, 0.717) is 18.9 Å². The molecule has 186 valence electrons. The first-order valence-electron chi connectivity index (χ1n) is 12.4. The fourth-order valence-electron chi connectivity index (χ4n) is 5.64. The zero-order valence-electron chi connectivity index (χ0n) is 20.6. The maximum atomic E-state index is 11.6. The number of aliphatic hydroxyl groups excluding tert-OH is 1. The minimum absolute atomic E-state index is 0.0696. The van der Waals surface area contributed by atoms with Gasteiger partial charge in [-0.1, -0.05) is 24.1 Å². The summed E-state index contributed by atoms with van der Waals surface area (Å²) in [5.74, 6) is 6.92. The molecule has 0 radical (unpaired) electrons. The van der Waals surface area contributed by atoms with Gasteiger partial charge in [0.2, 0.25) is 0 Å². The molecule has 3 aliphatic rings. The van der Waals surface area contributed by atoms with Gasteiger partial charge in [-0.2, -0.15) is 10.2 Å². The first kappa shape index (κ1) is 22.8. The lowest BCUT2D eigenvalue weighted by atomic mass is 10.1. The Morgan fingerprint density at radius 1 is 1.22 bits per heavy atom. The molecule has 0 saturated carbocycles. The number of nitrogens with zero attached hydrogens (tertiary/aromatic N) is 8. The lowest BCUT2D eigenvalue weighted by Gasteiger charge is -2.43. The second-order valence-electron chi connectivity index (χ2n) is 9.57. The highest BCUT2D eigenvalue weighted by Crippen LogP contribution is 2.36. The predicted molar refractivity (Wildman–Crippen MR) is 138 cm³/mol. The van der Waals surface area contributed by atoms with Gasteiger partial charge in [-0.3, -0.25) is 9.91 Å². The third-order valence-electron chi connectivity index (χ3n) is 7.29. The number of piperidine rings is 1. The van der Waals surface area contributed by atoms with E-state index in [2.05, 4.69) is 36.7 Å². The van der Waals surface area contributed by atoms with E-state index < -0.39 is 6.23 Å². The van der Waals surface area contributed by atoms with E-state index in [-0.39, 0.29) is 12.3 Å². The smallest absolute Gasteiger partial charge is 0.186 e. The molecule has 0 aliphatic carbocycles. The van der Waals surface area contributed by atoms with E-state index in [1.807, 2.05) is 55.0 Å². The maximum absolute atomic E-state index is 11.6. The Hall–Kier alpha value is -3.65. The number of para-hydroxylation sites is 1. The molecule has 10 heteroatoms. The van der Waals surface area contributed by atoms with Gasteiger partial charge in [0.15, 0.2) is 18.3 Å². The number of nitrogens with two attached hydrogens (primary N) is 1. The Labute approximate surface area is 210 Å². The molecule has 0 spiro atoms. The zero-order chi connectivity index (χ0) is 24.8. The monoisotopic (exact) mass is 485 g/mol. The molecule has 2 aromatic heterocycles. The second kappa shape index (κ2) is 9.09. The van der Waals surface area contributed by atoms with Crippen molar-refractivity contribution in [2.75, 3.05) is 26.7 Å². The van der Waals surface area contributed by atoms with Crippen LogP contribution in [0.25, 0.3) is 16.4 Å². The van der Waals surface area contributed by atoms with Gasteiger partial charge in [-0.05, 0) is 31.9 Å². The van der Waals surface area contributed by atoms with E-state index >= 15 is 0 Å². The summed E-state index contributed by atoms with van der Waals surface area (Å²) in [7, 11) is 2.05. The Morgan fingerprint density at radius 2 is 2.08 bits per heavy atom. The first-order valence-corrected chi connectivity index (χ1v) is 12.4. The topological polar surface area (TPSA) is 102 Å². The Morgan fingerprint density at radius 3 is 2.92 bits per heavy atom. The normalized spacial score (nSPS) is 24.6. The van der Waals surface area contributed by atoms with Crippen LogP contribution in [0, 0.1) is 11.8 Å². The highest BCUT2D eigenvalue weighted by atomic mass is 16.3. The molecule has 6 rings (SSSR count). The third kappa shape index (κ3) is 3.67. The number of hydrazone groups is 1. The van der Waals surface area contributed by atoms with Gasteiger partial charge in [-0.25, -0.2) is 9.50 Å². The zero-order valence-corrected chi connectivity index (χ0v) is 20.6. The molecule has 3 unspecified atom stereocenters. The van der Waals surface area contributed by atoms with Crippen LogP contribution in [-0.2, 0) is 6.54 Å². The highest BCUT2D eigenvalue weighted by molar-refractivity contribution is 5.93. The van der Waals surface area contributed by atoms with Gasteiger partial charge in [0.1, 0.15) is 0 Å². The van der Waals surface area contributed by atoms with Crippen LogP contribution < -0.4 is 5.73 Å². The maximum Gasteiger partial charge on any atom is 0.186 e. The molecule has 5 heterocycles. The van der Waals surface area contributed by atoms with E-state index in [1.165, 1.54) is 0 Å². The number of likely N-dealkylation sites (tertiary alicyclic amines) is 1. The standard InChI is InChI=1S/C26H31N9O/c1-3-4-14-33-24-22(31(2)26(33)32-13-7-8-18(27)16-32)15-29-34(25(24)36)17-23-30-20-10-6-5-9-19(20)21-11-12-28-35(21)23/h5-6,9-12,15,18,25-26,36H,7-8,13-14,16-17,27H2,1-2H3. The summed E-state index contributed by atoms with van der Waals surface area (Å²) >= 11 is 0. The van der Waals surface area contributed by atoms with Gasteiger partial charge in [0.25, 0.3) is 0 Å². The average molecular weight is 486 g/mol. The van der Waals surface area contributed by atoms with Crippen molar-refractivity contribution < 1.29 is 5.11 Å². The third-order valence-corrected chi connectivity index (χ3v) is 7.29. The van der Waals surface area contributed by atoms with Gasteiger partial charge >= 0.3 is 0 Å². The van der Waals surface area contributed by atoms with Crippen molar-refractivity contribution in [2.45, 2.75) is 44.9 Å². The largest absolute Gasteiger partial charge is 0.367 e. The van der Waals surface area contributed by atoms with Crippen molar-refractivity contribution in [1.29, 1.82) is 0 Å². The predicted octanol–water partition coefficient (Wildman–Crippen LogP) is 1.19. The molecule has 36 heavy (non-hydrogen) atoms. The van der Waals surface area contributed by atoms with E-state index in [0.717, 1.165) is 53.7 Å². The Kier molecular flexibility index (Phi) is 5.76. The van der Waals surface area contributed by atoms with Crippen LogP contribution in [0.2, 0.25) is 0 Å². The van der Waals surface area contributed by atoms with Crippen molar-refractivity contribution >= 4 is 22.6 Å². The molecular weight excluding hydrogens is 454 g/mol. The van der Waals surface area contributed by atoms with Gasteiger partial charge in [0.05, 0.1) is 47.9 Å². The van der Waals surface area contributed by atoms with Crippen LogP contribution in [0.4, 0.5) is 0 Å². The number of aliphatic hydroxyl groups is 1. The number of allylic oxidation sites excluding steroid dienone is 1. The number of benzene rings is 1. The highest BCUT2D eigenvalue weighted by Gasteiger charge is 2.45. The number of aromatic nitrogens is 3. The van der Waals surface area contributed by atoms with Crippen molar-refractivity contribution in [1.82, 2.24) is 34.3 Å². The summed E-state index contributed by atoms with van der Waals surface area (Å²) in [6.07, 6.45) is 4.68. The number of hydrogen-bond donors (Lipinski definition) is 2. The van der Waals surface area contributed by atoms with Crippen LogP contribution in [0.5, 0.6) is 0 Å². The molecule has 3 N–H and O–H groups in total. The van der Waals surface area contributed by atoms with Crippen LogP contribution in [0.15, 0.2) is 53.0 Å². The molecule has 1 aromatic carbocycles. The Bertz CT molecular complexity index is 1420. The number of rotatable bonds is 4. The minimum Gasteiger partial charge on any atom is -0.367 e. The Balaban J connectivity index is 1.33. The quantitative estimate of drug-likeness (QED) is 0.532. The first-order chi connectivity index (χ1) is 17.6. The summed E-state index contributed by atoms with van der Waals surface area (Å²) in [4.78, 5) is 11.6. The molecule has 10 nitrogen and oxygen atoms in total. The minimum atomic E-state index is -0.951. The van der Waals surface area contributed by atoms with Crippen molar-refractivity contribution in [3.63, 3.8) is 0 Å². The number of hydrogen-bond acceptors (Lipinski definition) is 9. The van der Waals surface area contributed by atoms with Crippen molar-refractivity contribution in [3.8, 4) is 11.8 Å². The lowest BCUT2D eigenvalue weighted by Crippen LogP contribution is -2.57. The summed E-state index contributed by atoms with van der Waals surface area (Å²) in [6, 6.07) is 10.1. The van der Waals surface area contributed by atoms with E-state index in [4.69, 9.17) is 10.7 Å². The molecule has 1 saturated heterocycles. The van der Waals surface area contributed by atoms with E-state index in [9.17, 15) is 5.11 Å². The number of fused-ring (bicyclic) bond motifs is 3. The van der Waals surface area contributed by atoms with Gasteiger partial charge < -0.3 is 20.6 Å². The van der Waals surface area contributed by atoms with Crippen molar-refractivity contribution in [3.05, 3.63) is 53.7 Å². The fraction of sp³-hybridized carbons (Fsp3) is 0.423. The van der Waals surface area contributed by atoms with Gasteiger partial charge in [0, 0.05) is 31.6 Å². The summed E-state index contributed by atoms with van der Waals surface area (Å²) < 4.78 is 1.83. The summed E-state index contributed by atoms with van der Waals surface area (Å²) in [5.41, 5.74) is 9.89. The summed E-state index contributed by atoms with van der Waals surface area (Å²) in [5, 5.41) is 23.5. The molecule has 3 atom stereocenters. The fourth-order valence-corrected chi connectivity index (χ4v) is 5.64. The van der Waals surface area contributed by atoms with E-state index in [1.54, 1.807) is 11.2 Å². The second-order valence-corrected chi connectivity index (χ2v) is 9.57. The molecule has 3 aromatic rings. The van der Waals surface area contributed by atoms with Crippen LogP contribution in [0.1, 0.15) is 25.6 Å². The van der Waals surface area contributed by atoms with Crippen molar-refractivity contribution in [2.24, 2.45) is 10.8 Å². The lowest BCUT2D eigenvalue weighted by molar-refractivity contribution is -0.0368. The van der Waals surface area contributed by atoms with Gasteiger partial charge in [-0.15, -0.1) is 5.92 Å². The average Bonchev–Trinajstić information content (AvgIpc) is 3.48. The molecule has 3 aliphatic heterocycles. The molecule has 0 amide bonds. The van der Waals surface area contributed by atoms with Crippen LogP contribution in [-0.4, -0.2) is 90.9 Å². The van der Waals surface area contributed by atoms with Crippen LogP contribution >= 0.6 is 0 Å².